The molecule has 5 nitrogen and oxygen atoms in total. The third-order valence-corrected chi connectivity index (χ3v) is 3.12. The van der Waals surface area contributed by atoms with Gasteiger partial charge in [-0.2, -0.15) is 8.42 Å². The Bertz CT molecular complexity index is 497. The van der Waals surface area contributed by atoms with Gasteiger partial charge in [-0.3, -0.25) is 9.35 Å². The van der Waals surface area contributed by atoms with Crippen LogP contribution in [0, 0.1) is 0 Å². The Hall–Kier alpha value is -0.920. The summed E-state index contributed by atoms with van der Waals surface area (Å²) in [5.74, 6) is -0.463. The van der Waals surface area contributed by atoms with Gasteiger partial charge in [0, 0.05) is 11.3 Å². The second-order valence-electron chi connectivity index (χ2n) is 2.79. The Morgan fingerprint density at radius 3 is 2.53 bits per heavy atom. The molecule has 0 unspecified atom stereocenters. The number of anilines is 1. The van der Waals surface area contributed by atoms with E-state index in [2.05, 4.69) is 15.9 Å². The number of nitrogen functional groups attached to an aromatic ring is 1. The summed E-state index contributed by atoms with van der Waals surface area (Å²) >= 11 is 2.91. The molecule has 0 aromatic heterocycles. The van der Waals surface area contributed by atoms with Gasteiger partial charge in [0.15, 0.2) is 5.78 Å². The smallest absolute Gasteiger partial charge is 0.295 e. The van der Waals surface area contributed by atoms with E-state index in [-0.39, 0.29) is 16.6 Å². The van der Waals surface area contributed by atoms with E-state index in [1.807, 2.05) is 0 Å². The van der Waals surface area contributed by atoms with Gasteiger partial charge >= 0.3 is 0 Å². The van der Waals surface area contributed by atoms with Crippen LogP contribution in [0.4, 0.5) is 5.69 Å². The van der Waals surface area contributed by atoms with Crippen LogP contribution in [0.25, 0.3) is 0 Å². The van der Waals surface area contributed by atoms with Crippen LogP contribution in [-0.4, -0.2) is 24.1 Å². The Morgan fingerprint density at radius 2 is 2.07 bits per heavy atom. The Kier molecular flexibility index (Phi) is 3.48. The van der Waals surface area contributed by atoms with E-state index in [1.165, 1.54) is 12.1 Å². The molecule has 0 saturated heterocycles. The number of hydrogen-bond donors (Lipinski definition) is 2. The molecule has 15 heavy (non-hydrogen) atoms. The van der Waals surface area contributed by atoms with Crippen molar-refractivity contribution in [2.45, 2.75) is 4.90 Å². The number of benzene rings is 1. The molecular formula is C8H8BrNO4S. The molecule has 0 fully saturated rings. The first-order chi connectivity index (χ1) is 6.86. The Balaban J connectivity index is 3.47. The fourth-order valence-electron chi connectivity index (χ4n) is 1.06. The number of nitrogens with two attached hydrogens (primary N) is 1. The standard InChI is InChI=1S/C8H8BrNO4S/c9-4-7(11)6-3-5(10)1-2-8(6)15(12,13)14/h1-3H,4,10H2,(H,12,13,14). The highest BCUT2D eigenvalue weighted by molar-refractivity contribution is 9.09. The summed E-state index contributed by atoms with van der Waals surface area (Å²) in [6.07, 6.45) is 0. The van der Waals surface area contributed by atoms with Gasteiger partial charge in [0.2, 0.25) is 0 Å². The van der Waals surface area contributed by atoms with Crippen molar-refractivity contribution in [1.82, 2.24) is 0 Å². The first-order valence-electron chi connectivity index (χ1n) is 3.82. The molecule has 0 radical (unpaired) electrons. The zero-order valence-corrected chi connectivity index (χ0v) is 9.88. The summed E-state index contributed by atoms with van der Waals surface area (Å²) in [5, 5.41) is -0.0427. The summed E-state index contributed by atoms with van der Waals surface area (Å²) in [4.78, 5) is 10.9. The lowest BCUT2D eigenvalue weighted by Gasteiger charge is -2.05. The highest BCUT2D eigenvalue weighted by atomic mass is 79.9. The number of halogens is 1. The van der Waals surface area contributed by atoms with Crippen LogP contribution in [0.1, 0.15) is 10.4 Å². The summed E-state index contributed by atoms with van der Waals surface area (Å²) in [6.45, 7) is 0. The largest absolute Gasteiger partial charge is 0.399 e. The first-order valence-corrected chi connectivity index (χ1v) is 6.38. The summed E-state index contributed by atoms with van der Waals surface area (Å²) in [5.41, 5.74) is 5.56. The van der Waals surface area contributed by atoms with Crippen molar-refractivity contribution >= 4 is 37.5 Å². The van der Waals surface area contributed by atoms with Crippen molar-refractivity contribution in [2.75, 3.05) is 11.1 Å². The molecule has 82 valence electrons. The second kappa shape index (κ2) is 4.30. The minimum atomic E-state index is -4.40. The fourth-order valence-corrected chi connectivity index (χ4v) is 2.06. The molecule has 0 saturated carbocycles. The number of rotatable bonds is 3. The molecule has 7 heteroatoms. The molecule has 1 aromatic carbocycles. The number of hydrogen-bond acceptors (Lipinski definition) is 4. The van der Waals surface area contributed by atoms with Crippen LogP contribution >= 0.6 is 15.9 Å². The van der Waals surface area contributed by atoms with Crippen molar-refractivity contribution in [3.05, 3.63) is 23.8 Å². The fraction of sp³-hybridized carbons (Fsp3) is 0.125. The average Bonchev–Trinajstić information content (AvgIpc) is 2.14. The molecule has 1 aromatic rings. The Labute approximate surface area is 95.2 Å². The van der Waals surface area contributed by atoms with Crippen molar-refractivity contribution in [3.63, 3.8) is 0 Å². The van der Waals surface area contributed by atoms with Crippen LogP contribution in [0.5, 0.6) is 0 Å². The lowest BCUT2D eigenvalue weighted by Crippen LogP contribution is -2.10. The van der Waals surface area contributed by atoms with Crippen LogP contribution in [0.15, 0.2) is 23.1 Å². The van der Waals surface area contributed by atoms with Crippen LogP contribution in [0.2, 0.25) is 0 Å². The van der Waals surface area contributed by atoms with E-state index in [0.29, 0.717) is 0 Å². The molecule has 0 aliphatic carbocycles. The topological polar surface area (TPSA) is 97.5 Å². The highest BCUT2D eigenvalue weighted by Gasteiger charge is 2.19. The van der Waals surface area contributed by atoms with Crippen molar-refractivity contribution in [1.29, 1.82) is 0 Å². The van der Waals surface area contributed by atoms with Crippen LogP contribution in [-0.2, 0) is 10.1 Å². The number of alkyl halides is 1. The minimum absolute atomic E-state index is 0.0427. The van der Waals surface area contributed by atoms with E-state index >= 15 is 0 Å². The predicted octanol–water partition coefficient (Wildman–Crippen LogP) is 1.09. The van der Waals surface area contributed by atoms with Crippen molar-refractivity contribution in [2.24, 2.45) is 0 Å². The lowest BCUT2D eigenvalue weighted by atomic mass is 10.1. The minimum Gasteiger partial charge on any atom is -0.399 e. The maximum Gasteiger partial charge on any atom is 0.295 e. The molecule has 0 bridgehead atoms. The van der Waals surface area contributed by atoms with Gasteiger partial charge < -0.3 is 5.73 Å². The van der Waals surface area contributed by atoms with Gasteiger partial charge in [0.25, 0.3) is 10.1 Å². The normalized spacial score (nSPS) is 11.3. The van der Waals surface area contributed by atoms with Gasteiger partial charge in [-0.1, -0.05) is 15.9 Å². The predicted molar refractivity (Wildman–Crippen MR) is 58.8 cm³/mol. The summed E-state index contributed by atoms with van der Waals surface area (Å²) < 4.78 is 30.7. The van der Waals surface area contributed by atoms with Crippen LogP contribution < -0.4 is 5.73 Å². The van der Waals surface area contributed by atoms with Gasteiger partial charge in [-0.15, -0.1) is 0 Å². The van der Waals surface area contributed by atoms with Gasteiger partial charge in [0.1, 0.15) is 4.90 Å². The number of Topliss-reactive ketones (excluding diaryl/α,β-unsaturated/α-hetero) is 1. The molecule has 1 rings (SSSR count). The highest BCUT2D eigenvalue weighted by Crippen LogP contribution is 2.19. The molecular weight excluding hydrogens is 286 g/mol. The average molecular weight is 294 g/mol. The maximum absolute atomic E-state index is 11.4. The number of carbonyl (C=O) groups is 1. The monoisotopic (exact) mass is 293 g/mol. The van der Waals surface area contributed by atoms with Crippen molar-refractivity contribution in [3.8, 4) is 0 Å². The third-order valence-electron chi connectivity index (χ3n) is 1.70. The zero-order chi connectivity index (χ0) is 11.6. The Morgan fingerprint density at radius 1 is 1.47 bits per heavy atom. The van der Waals surface area contributed by atoms with Gasteiger partial charge in [-0.05, 0) is 18.2 Å². The molecule has 0 spiro atoms. The van der Waals surface area contributed by atoms with E-state index in [4.69, 9.17) is 10.3 Å². The van der Waals surface area contributed by atoms with E-state index in [9.17, 15) is 13.2 Å². The van der Waals surface area contributed by atoms with Gasteiger partial charge in [-0.25, -0.2) is 0 Å². The third kappa shape index (κ3) is 2.77. The molecule has 0 aliphatic rings. The van der Waals surface area contributed by atoms with Gasteiger partial charge in [0.05, 0.1) is 5.33 Å². The summed E-state index contributed by atoms with van der Waals surface area (Å²) in [6, 6.07) is 3.61. The van der Waals surface area contributed by atoms with Crippen LogP contribution in [0.3, 0.4) is 0 Å². The molecule has 0 amide bonds. The maximum atomic E-state index is 11.4. The van der Waals surface area contributed by atoms with E-state index in [0.717, 1.165) is 6.07 Å². The molecule has 3 N–H and O–H groups in total. The second-order valence-corrected chi connectivity index (χ2v) is 4.74. The molecule has 0 heterocycles. The number of carbonyl (C=O) groups excluding carboxylic acids is 1. The molecule has 0 aliphatic heterocycles. The van der Waals surface area contributed by atoms with E-state index in [1.54, 1.807) is 0 Å². The quantitative estimate of drug-likeness (QED) is 0.376. The number of ketones is 1. The lowest BCUT2D eigenvalue weighted by molar-refractivity contribution is 0.102. The first kappa shape index (κ1) is 12.2. The van der Waals surface area contributed by atoms with Crippen molar-refractivity contribution < 1.29 is 17.8 Å². The zero-order valence-electron chi connectivity index (χ0n) is 7.47. The molecule has 0 atom stereocenters. The SMILES string of the molecule is Nc1ccc(S(=O)(=O)O)c(C(=O)CBr)c1. The summed E-state index contributed by atoms with van der Waals surface area (Å²) in [7, 11) is -4.40. The van der Waals surface area contributed by atoms with E-state index < -0.39 is 20.8 Å².